The van der Waals surface area contributed by atoms with Crippen molar-refractivity contribution in [1.29, 1.82) is 0 Å². The van der Waals surface area contributed by atoms with Gasteiger partial charge in [0.25, 0.3) is 0 Å². The van der Waals surface area contributed by atoms with Crippen LogP contribution in [0.5, 0.6) is 0 Å². The molecule has 19 heavy (non-hydrogen) atoms. The highest BCUT2D eigenvalue weighted by molar-refractivity contribution is 5.77. The zero-order valence-electron chi connectivity index (χ0n) is 11.2. The normalized spacial score (nSPS) is 10.6. The van der Waals surface area contributed by atoms with E-state index in [9.17, 15) is 18.0 Å². The summed E-state index contributed by atoms with van der Waals surface area (Å²) in [6, 6.07) is 3.09. The van der Waals surface area contributed by atoms with E-state index in [1.807, 2.05) is 7.05 Å². The van der Waals surface area contributed by atoms with Gasteiger partial charge in [-0.05, 0) is 31.7 Å². The molecule has 0 aliphatic carbocycles. The summed E-state index contributed by atoms with van der Waals surface area (Å²) >= 11 is 0. The van der Waals surface area contributed by atoms with Crippen LogP contribution in [0.2, 0.25) is 0 Å². The number of benzene rings is 1. The molecule has 0 aliphatic rings. The largest absolute Gasteiger partial charge is 0.416 e. The number of hydrogen-bond donors (Lipinski definition) is 1. The number of rotatable bonds is 4. The number of aldehydes is 1. The fraction of sp³-hybridized carbons (Fsp3) is 0.462. The number of nitrogens with one attached hydrogen (secondary N) is 1. The van der Waals surface area contributed by atoms with Gasteiger partial charge in [-0.1, -0.05) is 6.07 Å². The lowest BCUT2D eigenvalue weighted by Gasteiger charge is -2.07. The third kappa shape index (κ3) is 6.93. The average molecular weight is 277 g/mol. The zero-order chi connectivity index (χ0) is 14.9. The fourth-order valence-electron chi connectivity index (χ4n) is 1.15. The lowest BCUT2D eigenvalue weighted by atomic mass is 10.1. The minimum atomic E-state index is -4.38. The van der Waals surface area contributed by atoms with E-state index in [0.717, 1.165) is 25.3 Å². The first kappa shape index (κ1) is 17.6. The standard InChI is InChI=1S/C9H7F3O.C4H11NO/c1-6-2-3-8(9(10,11)12)4-7(6)5-13;1-5-3-4-6-2/h2-5H,1H3;5H,3-4H2,1-2H3. The van der Waals surface area contributed by atoms with Crippen molar-refractivity contribution in [3.63, 3.8) is 0 Å². The van der Waals surface area contributed by atoms with Gasteiger partial charge in [0.1, 0.15) is 6.29 Å². The first-order valence-corrected chi connectivity index (χ1v) is 5.63. The van der Waals surface area contributed by atoms with E-state index >= 15 is 0 Å². The summed E-state index contributed by atoms with van der Waals surface area (Å²) in [7, 11) is 3.59. The van der Waals surface area contributed by atoms with Gasteiger partial charge in [0.05, 0.1) is 12.2 Å². The number of carbonyl (C=O) groups excluding carboxylic acids is 1. The number of carbonyl (C=O) groups is 1. The Bertz CT molecular complexity index is 388. The Labute approximate surface area is 110 Å². The van der Waals surface area contributed by atoms with E-state index in [1.54, 1.807) is 14.0 Å². The highest BCUT2D eigenvalue weighted by Gasteiger charge is 2.30. The van der Waals surface area contributed by atoms with E-state index in [2.05, 4.69) is 5.32 Å². The molecule has 6 heteroatoms. The van der Waals surface area contributed by atoms with Crippen LogP contribution in [0, 0.1) is 6.92 Å². The Morgan fingerprint density at radius 1 is 1.37 bits per heavy atom. The van der Waals surface area contributed by atoms with Gasteiger partial charge in [-0.2, -0.15) is 13.2 Å². The van der Waals surface area contributed by atoms with E-state index in [0.29, 0.717) is 11.8 Å². The van der Waals surface area contributed by atoms with Gasteiger partial charge in [0.15, 0.2) is 0 Å². The fourth-order valence-corrected chi connectivity index (χ4v) is 1.15. The zero-order valence-corrected chi connectivity index (χ0v) is 11.2. The molecule has 3 nitrogen and oxygen atoms in total. The van der Waals surface area contributed by atoms with E-state index in [-0.39, 0.29) is 5.56 Å². The molecule has 0 atom stereocenters. The van der Waals surface area contributed by atoms with Crippen LogP contribution in [0.4, 0.5) is 13.2 Å². The number of ether oxygens (including phenoxy) is 1. The number of alkyl halides is 3. The monoisotopic (exact) mass is 277 g/mol. The van der Waals surface area contributed by atoms with Crippen molar-refractivity contribution in [3.8, 4) is 0 Å². The summed E-state index contributed by atoms with van der Waals surface area (Å²) in [4.78, 5) is 10.3. The van der Waals surface area contributed by atoms with Crippen LogP contribution in [0.25, 0.3) is 0 Å². The lowest BCUT2D eigenvalue weighted by Crippen LogP contribution is -2.12. The first-order chi connectivity index (χ1) is 8.86. The maximum absolute atomic E-state index is 12.1. The van der Waals surface area contributed by atoms with E-state index in [1.165, 1.54) is 6.07 Å². The van der Waals surface area contributed by atoms with E-state index < -0.39 is 11.7 Å². The molecule has 0 heterocycles. The molecule has 0 bridgehead atoms. The van der Waals surface area contributed by atoms with Crippen molar-refractivity contribution in [3.05, 3.63) is 34.9 Å². The van der Waals surface area contributed by atoms with Crippen molar-refractivity contribution < 1.29 is 22.7 Å². The minimum absolute atomic E-state index is 0.0785. The molecule has 0 aliphatic heterocycles. The molecule has 0 saturated carbocycles. The molecule has 1 N–H and O–H groups in total. The molecule has 108 valence electrons. The molecule has 1 rings (SSSR count). The Hall–Kier alpha value is -1.40. The smallest absolute Gasteiger partial charge is 0.383 e. The molecule has 1 aromatic carbocycles. The summed E-state index contributed by atoms with van der Waals surface area (Å²) in [6.45, 7) is 3.33. The van der Waals surface area contributed by atoms with Crippen LogP contribution in [-0.2, 0) is 10.9 Å². The Balaban J connectivity index is 0.000000459. The highest BCUT2D eigenvalue weighted by atomic mass is 19.4. The second kappa shape index (κ2) is 8.66. The summed E-state index contributed by atoms with van der Waals surface area (Å²) in [5.41, 5.74) is -0.168. The predicted molar refractivity (Wildman–Crippen MR) is 67.4 cm³/mol. The topological polar surface area (TPSA) is 38.3 Å². The molecule has 1 aromatic rings. The molecular formula is C13H18F3NO2. The van der Waals surface area contributed by atoms with Crippen LogP contribution in [0.3, 0.4) is 0 Å². The summed E-state index contributed by atoms with van der Waals surface area (Å²) in [6.07, 6.45) is -3.96. The molecule has 0 fully saturated rings. The number of aryl methyl sites for hydroxylation is 1. The van der Waals surface area contributed by atoms with Gasteiger partial charge in [-0.15, -0.1) is 0 Å². The number of hydrogen-bond acceptors (Lipinski definition) is 3. The molecule has 0 spiro atoms. The minimum Gasteiger partial charge on any atom is -0.383 e. The molecule has 0 saturated heterocycles. The van der Waals surface area contributed by atoms with Crippen molar-refractivity contribution >= 4 is 6.29 Å². The third-order valence-corrected chi connectivity index (χ3v) is 2.29. The van der Waals surface area contributed by atoms with Gasteiger partial charge in [-0.3, -0.25) is 4.79 Å². The van der Waals surface area contributed by atoms with Crippen LogP contribution >= 0.6 is 0 Å². The van der Waals surface area contributed by atoms with Crippen molar-refractivity contribution in [1.82, 2.24) is 5.32 Å². The highest BCUT2D eigenvalue weighted by Crippen LogP contribution is 2.29. The van der Waals surface area contributed by atoms with Gasteiger partial charge >= 0.3 is 6.18 Å². The Kier molecular flexibility index (Phi) is 8.02. The van der Waals surface area contributed by atoms with Crippen LogP contribution < -0.4 is 5.32 Å². The van der Waals surface area contributed by atoms with E-state index in [4.69, 9.17) is 4.74 Å². The van der Waals surface area contributed by atoms with Crippen LogP contribution in [0.1, 0.15) is 21.5 Å². The molecule has 0 radical (unpaired) electrons. The van der Waals surface area contributed by atoms with Crippen LogP contribution in [0.15, 0.2) is 18.2 Å². The van der Waals surface area contributed by atoms with Crippen LogP contribution in [-0.4, -0.2) is 33.6 Å². The molecular weight excluding hydrogens is 259 g/mol. The first-order valence-electron chi connectivity index (χ1n) is 5.63. The second-order valence-corrected chi connectivity index (χ2v) is 3.78. The Morgan fingerprint density at radius 2 is 2.00 bits per heavy atom. The average Bonchev–Trinajstić information content (AvgIpc) is 2.36. The summed E-state index contributed by atoms with van der Waals surface area (Å²) < 4.78 is 41.1. The quantitative estimate of drug-likeness (QED) is 0.679. The number of halogens is 3. The maximum Gasteiger partial charge on any atom is 0.416 e. The van der Waals surface area contributed by atoms with Gasteiger partial charge in [0.2, 0.25) is 0 Å². The lowest BCUT2D eigenvalue weighted by molar-refractivity contribution is -0.137. The second-order valence-electron chi connectivity index (χ2n) is 3.78. The third-order valence-electron chi connectivity index (χ3n) is 2.29. The van der Waals surface area contributed by atoms with Gasteiger partial charge < -0.3 is 10.1 Å². The summed E-state index contributed by atoms with van der Waals surface area (Å²) in [5, 5.41) is 2.94. The van der Waals surface area contributed by atoms with Gasteiger partial charge in [-0.25, -0.2) is 0 Å². The number of likely N-dealkylation sites (N-methyl/N-ethyl adjacent to an activating group) is 1. The van der Waals surface area contributed by atoms with Crippen molar-refractivity contribution in [2.45, 2.75) is 13.1 Å². The maximum atomic E-state index is 12.1. The van der Waals surface area contributed by atoms with Gasteiger partial charge in [0, 0.05) is 19.2 Å². The summed E-state index contributed by atoms with van der Waals surface area (Å²) in [5.74, 6) is 0. The molecule has 0 amide bonds. The SMILES string of the molecule is CNCCOC.Cc1ccc(C(F)(F)F)cc1C=O. The molecule has 0 aromatic heterocycles. The Morgan fingerprint density at radius 3 is 2.37 bits per heavy atom. The number of methoxy groups -OCH3 is 1. The predicted octanol–water partition coefficient (Wildman–Crippen LogP) is 2.68. The van der Waals surface area contributed by atoms with Crippen molar-refractivity contribution in [2.24, 2.45) is 0 Å². The van der Waals surface area contributed by atoms with Crippen molar-refractivity contribution in [2.75, 3.05) is 27.3 Å². The molecule has 0 unspecified atom stereocenters.